The summed E-state index contributed by atoms with van der Waals surface area (Å²) in [4.78, 5) is 14.3. The fraction of sp³-hybridized carbons (Fsp3) is 0.533. The van der Waals surface area contributed by atoms with Crippen molar-refractivity contribution in [3.8, 4) is 5.75 Å². The second-order valence-corrected chi connectivity index (χ2v) is 5.13. The van der Waals surface area contributed by atoms with Crippen molar-refractivity contribution in [2.45, 2.75) is 38.3 Å². The van der Waals surface area contributed by atoms with E-state index in [-0.39, 0.29) is 17.7 Å². The Morgan fingerprint density at radius 2 is 2.29 bits per heavy atom. The number of amides is 1. The van der Waals surface area contributed by atoms with Crippen molar-refractivity contribution in [1.82, 2.24) is 4.90 Å². The summed E-state index contributed by atoms with van der Waals surface area (Å²) < 4.78 is 28.8. The average Bonchev–Trinajstić information content (AvgIpc) is 2.92. The Morgan fingerprint density at radius 3 is 3.00 bits per heavy atom. The molecule has 0 aliphatic carbocycles. The van der Waals surface area contributed by atoms with Gasteiger partial charge in [-0.1, -0.05) is 6.07 Å². The molecular weight excluding hydrogens is 278 g/mol. The first-order chi connectivity index (χ1) is 10.1. The van der Waals surface area contributed by atoms with Gasteiger partial charge in [0.2, 0.25) is 0 Å². The normalized spacial score (nSPS) is 18.3. The molecule has 1 aromatic rings. The van der Waals surface area contributed by atoms with Crippen LogP contribution in [0.15, 0.2) is 24.3 Å². The molecule has 1 aliphatic heterocycles. The Hall–Kier alpha value is -1.69. The van der Waals surface area contributed by atoms with Gasteiger partial charge in [-0.05, 0) is 50.4 Å². The SMILES string of the molecule is NCCCC1CCCN1C(=O)c1cccc(OC(F)F)c1. The maximum atomic E-state index is 12.5. The highest BCUT2D eigenvalue weighted by atomic mass is 19.3. The number of nitrogens with two attached hydrogens (primary N) is 1. The van der Waals surface area contributed by atoms with Crippen LogP contribution in [0.25, 0.3) is 0 Å². The molecule has 1 saturated heterocycles. The maximum Gasteiger partial charge on any atom is 0.387 e. The lowest BCUT2D eigenvalue weighted by Crippen LogP contribution is -2.35. The third kappa shape index (κ3) is 4.14. The summed E-state index contributed by atoms with van der Waals surface area (Å²) in [7, 11) is 0. The quantitative estimate of drug-likeness (QED) is 0.878. The Balaban J connectivity index is 2.08. The third-order valence-corrected chi connectivity index (χ3v) is 3.69. The number of likely N-dealkylation sites (tertiary alicyclic amines) is 1. The fourth-order valence-corrected chi connectivity index (χ4v) is 2.73. The summed E-state index contributed by atoms with van der Waals surface area (Å²) in [5.74, 6) is -0.122. The minimum atomic E-state index is -2.89. The van der Waals surface area contributed by atoms with E-state index in [2.05, 4.69) is 4.74 Å². The van der Waals surface area contributed by atoms with Crippen LogP contribution in [-0.2, 0) is 0 Å². The molecule has 2 N–H and O–H groups in total. The highest BCUT2D eigenvalue weighted by molar-refractivity contribution is 5.95. The number of ether oxygens (including phenoxy) is 1. The van der Waals surface area contributed by atoms with E-state index in [0.29, 0.717) is 18.7 Å². The van der Waals surface area contributed by atoms with Gasteiger partial charge in [0.05, 0.1) is 0 Å². The number of hydrogen-bond acceptors (Lipinski definition) is 3. The van der Waals surface area contributed by atoms with Crippen LogP contribution in [0.5, 0.6) is 5.75 Å². The second kappa shape index (κ2) is 7.36. The summed E-state index contributed by atoms with van der Waals surface area (Å²) >= 11 is 0. The van der Waals surface area contributed by atoms with Crippen LogP contribution in [-0.4, -0.2) is 36.5 Å². The molecule has 4 nitrogen and oxygen atoms in total. The zero-order valence-electron chi connectivity index (χ0n) is 11.8. The summed E-state index contributed by atoms with van der Waals surface area (Å²) in [6, 6.07) is 6.15. The van der Waals surface area contributed by atoms with Gasteiger partial charge in [0.25, 0.3) is 5.91 Å². The first kappa shape index (κ1) is 15.7. The van der Waals surface area contributed by atoms with Gasteiger partial charge in [0, 0.05) is 18.2 Å². The fourth-order valence-electron chi connectivity index (χ4n) is 2.73. The van der Waals surface area contributed by atoms with Crippen LogP contribution < -0.4 is 10.5 Å². The average molecular weight is 298 g/mol. The van der Waals surface area contributed by atoms with Gasteiger partial charge in [-0.3, -0.25) is 4.79 Å². The molecule has 0 spiro atoms. The van der Waals surface area contributed by atoms with Crippen molar-refractivity contribution >= 4 is 5.91 Å². The van der Waals surface area contributed by atoms with Crippen molar-refractivity contribution in [2.24, 2.45) is 5.73 Å². The lowest BCUT2D eigenvalue weighted by molar-refractivity contribution is -0.0499. The topological polar surface area (TPSA) is 55.6 Å². The van der Waals surface area contributed by atoms with Gasteiger partial charge >= 0.3 is 6.61 Å². The molecule has 1 fully saturated rings. The summed E-state index contributed by atoms with van der Waals surface area (Å²) in [5, 5.41) is 0. The molecule has 116 valence electrons. The monoisotopic (exact) mass is 298 g/mol. The van der Waals surface area contributed by atoms with Crippen molar-refractivity contribution in [3.63, 3.8) is 0 Å². The zero-order chi connectivity index (χ0) is 15.2. The Morgan fingerprint density at radius 1 is 1.48 bits per heavy atom. The van der Waals surface area contributed by atoms with Gasteiger partial charge in [-0.2, -0.15) is 8.78 Å². The van der Waals surface area contributed by atoms with E-state index >= 15 is 0 Å². The maximum absolute atomic E-state index is 12.5. The molecule has 1 atom stereocenters. The number of benzene rings is 1. The van der Waals surface area contributed by atoms with E-state index in [1.165, 1.54) is 12.1 Å². The number of rotatable bonds is 6. The van der Waals surface area contributed by atoms with Gasteiger partial charge in [-0.25, -0.2) is 0 Å². The Kier molecular flexibility index (Phi) is 5.50. The number of carbonyl (C=O) groups excluding carboxylic acids is 1. The van der Waals surface area contributed by atoms with Gasteiger partial charge in [0.1, 0.15) is 5.75 Å². The summed E-state index contributed by atoms with van der Waals surface area (Å²) in [6.07, 6.45) is 3.70. The lowest BCUT2D eigenvalue weighted by Gasteiger charge is -2.25. The number of hydrogen-bond donors (Lipinski definition) is 1. The molecular formula is C15H20F2N2O2. The first-order valence-electron chi connectivity index (χ1n) is 7.17. The molecule has 1 heterocycles. The van der Waals surface area contributed by atoms with Crippen LogP contribution >= 0.6 is 0 Å². The van der Waals surface area contributed by atoms with Crippen molar-refractivity contribution in [3.05, 3.63) is 29.8 Å². The molecule has 0 bridgehead atoms. The highest BCUT2D eigenvalue weighted by Crippen LogP contribution is 2.25. The molecule has 0 saturated carbocycles. The molecule has 0 radical (unpaired) electrons. The van der Waals surface area contributed by atoms with Crippen LogP contribution in [0, 0.1) is 0 Å². The van der Waals surface area contributed by atoms with Crippen molar-refractivity contribution in [2.75, 3.05) is 13.1 Å². The first-order valence-corrected chi connectivity index (χ1v) is 7.17. The van der Waals surface area contributed by atoms with E-state index in [9.17, 15) is 13.6 Å². The molecule has 21 heavy (non-hydrogen) atoms. The van der Waals surface area contributed by atoms with Crippen LogP contribution in [0.1, 0.15) is 36.0 Å². The number of halogens is 2. The number of nitrogens with zero attached hydrogens (tertiary/aromatic N) is 1. The van der Waals surface area contributed by atoms with Crippen LogP contribution in [0.4, 0.5) is 8.78 Å². The molecule has 1 amide bonds. The van der Waals surface area contributed by atoms with Crippen LogP contribution in [0.2, 0.25) is 0 Å². The minimum absolute atomic E-state index is 0.00792. The molecule has 0 aromatic heterocycles. The number of alkyl halides is 2. The van der Waals surface area contributed by atoms with Crippen molar-refractivity contribution in [1.29, 1.82) is 0 Å². The molecule has 1 aliphatic rings. The van der Waals surface area contributed by atoms with Gasteiger partial charge in [0.15, 0.2) is 0 Å². The smallest absolute Gasteiger partial charge is 0.387 e. The van der Waals surface area contributed by atoms with E-state index in [1.54, 1.807) is 12.1 Å². The second-order valence-electron chi connectivity index (χ2n) is 5.13. The molecule has 1 aromatic carbocycles. The Labute approximate surface area is 122 Å². The molecule has 6 heteroatoms. The van der Waals surface area contributed by atoms with E-state index in [1.807, 2.05) is 4.90 Å². The van der Waals surface area contributed by atoms with E-state index in [0.717, 1.165) is 25.7 Å². The van der Waals surface area contributed by atoms with Gasteiger partial charge in [-0.15, -0.1) is 0 Å². The highest BCUT2D eigenvalue weighted by Gasteiger charge is 2.29. The predicted octanol–water partition coefficient (Wildman–Crippen LogP) is 2.63. The van der Waals surface area contributed by atoms with Crippen molar-refractivity contribution < 1.29 is 18.3 Å². The predicted molar refractivity (Wildman–Crippen MR) is 75.4 cm³/mol. The third-order valence-electron chi connectivity index (χ3n) is 3.69. The minimum Gasteiger partial charge on any atom is -0.435 e. The Bertz CT molecular complexity index is 482. The number of carbonyl (C=O) groups is 1. The zero-order valence-corrected chi connectivity index (χ0v) is 11.8. The van der Waals surface area contributed by atoms with E-state index in [4.69, 9.17) is 5.73 Å². The summed E-state index contributed by atoms with van der Waals surface area (Å²) in [6.45, 7) is -1.58. The molecule has 2 rings (SSSR count). The largest absolute Gasteiger partial charge is 0.435 e. The van der Waals surface area contributed by atoms with Crippen LogP contribution in [0.3, 0.4) is 0 Å². The lowest BCUT2D eigenvalue weighted by atomic mass is 10.1. The molecule has 1 unspecified atom stereocenters. The standard InChI is InChI=1S/C15H20F2N2O2/c16-15(17)21-13-7-1-4-11(10-13)14(20)19-9-3-6-12(19)5-2-8-18/h1,4,7,10,12,15H,2-3,5-6,8-9,18H2. The van der Waals surface area contributed by atoms with Gasteiger partial charge < -0.3 is 15.4 Å². The van der Waals surface area contributed by atoms with E-state index < -0.39 is 6.61 Å². The summed E-state index contributed by atoms with van der Waals surface area (Å²) in [5.41, 5.74) is 5.90.